The van der Waals surface area contributed by atoms with Gasteiger partial charge in [0.05, 0.1) is 32.9 Å². The molecule has 3 rings (SSSR count). The molecule has 0 amide bonds. The first-order valence-electron chi connectivity index (χ1n) is 5.63. The minimum absolute atomic E-state index is 0.160. The summed E-state index contributed by atoms with van der Waals surface area (Å²) >= 11 is 2.67. The van der Waals surface area contributed by atoms with Crippen LogP contribution in [0.1, 0.15) is 4.88 Å². The number of hydrogen-bond donors (Lipinski definition) is 2. The number of aliphatic hydroxyl groups is 1. The van der Waals surface area contributed by atoms with Gasteiger partial charge in [-0.3, -0.25) is 4.72 Å². The summed E-state index contributed by atoms with van der Waals surface area (Å²) in [6, 6.07) is 6.68. The molecule has 0 fully saturated rings. The van der Waals surface area contributed by atoms with Crippen molar-refractivity contribution in [3.8, 4) is 0 Å². The van der Waals surface area contributed by atoms with Crippen LogP contribution in [0.5, 0.6) is 0 Å². The maximum Gasteiger partial charge on any atom is 0.262 e. The van der Waals surface area contributed by atoms with E-state index in [1.54, 1.807) is 23.7 Å². The van der Waals surface area contributed by atoms with Crippen molar-refractivity contribution >= 4 is 48.6 Å². The first kappa shape index (κ1) is 13.5. The van der Waals surface area contributed by atoms with Gasteiger partial charge in [-0.15, -0.1) is 22.7 Å². The summed E-state index contributed by atoms with van der Waals surface area (Å²) in [6.07, 6.45) is 0. The van der Waals surface area contributed by atoms with E-state index in [9.17, 15) is 8.42 Å². The van der Waals surface area contributed by atoms with Crippen LogP contribution in [0.3, 0.4) is 0 Å². The van der Waals surface area contributed by atoms with Crippen molar-refractivity contribution in [2.24, 2.45) is 0 Å². The minimum atomic E-state index is -3.62. The van der Waals surface area contributed by atoms with E-state index in [0.717, 1.165) is 10.2 Å². The van der Waals surface area contributed by atoms with Crippen molar-refractivity contribution in [3.05, 3.63) is 40.0 Å². The molecular formula is C12H10N2O3S3. The summed E-state index contributed by atoms with van der Waals surface area (Å²) in [5, 5.41) is 10.5. The standard InChI is InChI=1S/C12H10N2O3S3/c15-5-9-4-10(6-18-9)20(16,17)14-8-1-2-11-12(3-8)19-7-13-11/h1-4,6-7,14-15H,5H2. The molecule has 8 heteroatoms. The highest BCUT2D eigenvalue weighted by atomic mass is 32.2. The highest BCUT2D eigenvalue weighted by Gasteiger charge is 2.16. The van der Waals surface area contributed by atoms with Crippen LogP contribution in [0.4, 0.5) is 5.69 Å². The molecule has 0 aliphatic rings. The molecule has 5 nitrogen and oxygen atoms in total. The zero-order valence-electron chi connectivity index (χ0n) is 10.1. The largest absolute Gasteiger partial charge is 0.391 e. The van der Waals surface area contributed by atoms with Crippen LogP contribution in [-0.4, -0.2) is 18.5 Å². The fourth-order valence-electron chi connectivity index (χ4n) is 1.72. The Bertz CT molecular complexity index is 852. The first-order chi connectivity index (χ1) is 9.58. The SMILES string of the molecule is O=S(=O)(Nc1ccc2ncsc2c1)c1csc(CO)c1. The number of anilines is 1. The van der Waals surface area contributed by atoms with Crippen LogP contribution in [0.25, 0.3) is 10.2 Å². The molecule has 0 aliphatic heterocycles. The molecule has 0 saturated carbocycles. The number of hydrogen-bond acceptors (Lipinski definition) is 6. The molecule has 104 valence electrons. The Morgan fingerprint density at radius 3 is 2.85 bits per heavy atom. The number of nitrogens with one attached hydrogen (secondary N) is 1. The highest BCUT2D eigenvalue weighted by molar-refractivity contribution is 7.92. The second-order valence-electron chi connectivity index (χ2n) is 4.05. The van der Waals surface area contributed by atoms with Crippen molar-refractivity contribution in [3.63, 3.8) is 0 Å². The van der Waals surface area contributed by atoms with E-state index < -0.39 is 10.0 Å². The number of benzene rings is 1. The van der Waals surface area contributed by atoms with E-state index in [1.165, 1.54) is 34.1 Å². The fraction of sp³-hybridized carbons (Fsp3) is 0.0833. The molecule has 2 aromatic heterocycles. The topological polar surface area (TPSA) is 79.3 Å². The summed E-state index contributed by atoms with van der Waals surface area (Å²) in [5.41, 5.74) is 3.06. The lowest BCUT2D eigenvalue weighted by atomic mass is 10.3. The number of rotatable bonds is 4. The molecule has 2 heterocycles. The van der Waals surface area contributed by atoms with Crippen molar-refractivity contribution in [1.29, 1.82) is 0 Å². The third kappa shape index (κ3) is 2.55. The number of fused-ring (bicyclic) bond motifs is 1. The number of sulfonamides is 1. The summed E-state index contributed by atoms with van der Waals surface area (Å²) in [4.78, 5) is 4.92. The smallest absolute Gasteiger partial charge is 0.262 e. The molecule has 2 N–H and O–H groups in total. The summed E-state index contributed by atoms with van der Waals surface area (Å²) < 4.78 is 27.9. The molecule has 0 saturated heterocycles. The van der Waals surface area contributed by atoms with Gasteiger partial charge in [0.15, 0.2) is 0 Å². The fourth-order valence-corrected chi connectivity index (χ4v) is 4.62. The predicted octanol–water partition coefficient (Wildman–Crippen LogP) is 2.65. The normalized spacial score (nSPS) is 11.8. The van der Waals surface area contributed by atoms with Crippen molar-refractivity contribution in [2.45, 2.75) is 11.5 Å². The van der Waals surface area contributed by atoms with Gasteiger partial charge in [-0.25, -0.2) is 13.4 Å². The van der Waals surface area contributed by atoms with Gasteiger partial charge in [0.25, 0.3) is 10.0 Å². The molecule has 3 aromatic rings. The summed E-state index contributed by atoms with van der Waals surface area (Å²) in [7, 11) is -3.62. The number of thiazole rings is 1. The lowest BCUT2D eigenvalue weighted by molar-refractivity contribution is 0.285. The minimum Gasteiger partial charge on any atom is -0.391 e. The van der Waals surface area contributed by atoms with Gasteiger partial charge in [0.1, 0.15) is 0 Å². The molecular weight excluding hydrogens is 316 g/mol. The third-order valence-corrected chi connectivity index (χ3v) is 5.90. The molecule has 20 heavy (non-hydrogen) atoms. The Kier molecular flexibility index (Phi) is 3.47. The van der Waals surface area contributed by atoms with E-state index in [1.807, 2.05) is 0 Å². The number of aliphatic hydroxyl groups excluding tert-OH is 1. The van der Waals surface area contributed by atoms with Crippen molar-refractivity contribution in [2.75, 3.05) is 4.72 Å². The molecule has 0 bridgehead atoms. The second kappa shape index (κ2) is 5.13. The third-order valence-electron chi connectivity index (χ3n) is 2.68. The van der Waals surface area contributed by atoms with Gasteiger partial charge in [0.2, 0.25) is 0 Å². The van der Waals surface area contributed by atoms with Crippen molar-refractivity contribution in [1.82, 2.24) is 4.98 Å². The van der Waals surface area contributed by atoms with Gasteiger partial charge in [-0.1, -0.05) is 0 Å². The molecule has 0 aliphatic carbocycles. The highest BCUT2D eigenvalue weighted by Crippen LogP contribution is 2.25. The maximum atomic E-state index is 12.2. The second-order valence-corrected chi connectivity index (χ2v) is 7.61. The summed E-state index contributed by atoms with van der Waals surface area (Å²) in [5.74, 6) is 0. The Morgan fingerprint density at radius 2 is 2.10 bits per heavy atom. The zero-order valence-corrected chi connectivity index (χ0v) is 12.6. The maximum absolute atomic E-state index is 12.2. The van der Waals surface area contributed by atoms with Crippen LogP contribution in [0, 0.1) is 0 Å². The number of nitrogens with zero attached hydrogens (tertiary/aromatic N) is 1. The average Bonchev–Trinajstić information content (AvgIpc) is 3.06. The van der Waals surface area contributed by atoms with E-state index in [0.29, 0.717) is 10.6 Å². The lowest BCUT2D eigenvalue weighted by Crippen LogP contribution is -2.11. The summed E-state index contributed by atoms with van der Waals surface area (Å²) in [6.45, 7) is -0.160. The average molecular weight is 326 g/mol. The van der Waals surface area contributed by atoms with E-state index in [-0.39, 0.29) is 11.5 Å². The van der Waals surface area contributed by atoms with Gasteiger partial charge in [-0.2, -0.15) is 0 Å². The molecule has 0 unspecified atom stereocenters. The Hall–Kier alpha value is -1.48. The van der Waals surface area contributed by atoms with Gasteiger partial charge in [-0.05, 0) is 24.3 Å². The Labute approximate surface area is 123 Å². The Balaban J connectivity index is 1.92. The van der Waals surface area contributed by atoms with Gasteiger partial charge < -0.3 is 5.11 Å². The van der Waals surface area contributed by atoms with E-state index in [4.69, 9.17) is 5.11 Å². The lowest BCUT2D eigenvalue weighted by Gasteiger charge is -2.06. The van der Waals surface area contributed by atoms with Crippen molar-refractivity contribution < 1.29 is 13.5 Å². The first-order valence-corrected chi connectivity index (χ1v) is 8.87. The monoisotopic (exact) mass is 326 g/mol. The van der Waals surface area contributed by atoms with E-state index >= 15 is 0 Å². The van der Waals surface area contributed by atoms with Gasteiger partial charge in [0, 0.05) is 10.3 Å². The van der Waals surface area contributed by atoms with Crippen LogP contribution >= 0.6 is 22.7 Å². The van der Waals surface area contributed by atoms with Gasteiger partial charge >= 0.3 is 0 Å². The molecule has 1 aromatic carbocycles. The molecule has 0 spiro atoms. The molecule has 0 radical (unpaired) electrons. The Morgan fingerprint density at radius 1 is 1.25 bits per heavy atom. The zero-order chi connectivity index (χ0) is 14.2. The quantitative estimate of drug-likeness (QED) is 0.772. The number of aromatic nitrogens is 1. The van der Waals surface area contributed by atoms with Crippen LogP contribution in [0.15, 0.2) is 40.1 Å². The van der Waals surface area contributed by atoms with Crippen LogP contribution in [0.2, 0.25) is 0 Å². The van der Waals surface area contributed by atoms with E-state index in [2.05, 4.69) is 9.71 Å². The predicted molar refractivity (Wildman–Crippen MR) is 80.7 cm³/mol. The van der Waals surface area contributed by atoms with Crippen LogP contribution < -0.4 is 4.72 Å². The number of thiophene rings is 1. The molecule has 0 atom stereocenters. The van der Waals surface area contributed by atoms with Crippen LogP contribution in [-0.2, 0) is 16.6 Å².